The maximum absolute atomic E-state index is 13.3. The van der Waals surface area contributed by atoms with E-state index in [4.69, 9.17) is 4.84 Å². The van der Waals surface area contributed by atoms with E-state index < -0.39 is 6.10 Å². The van der Waals surface area contributed by atoms with Gasteiger partial charge < -0.3 is 10.2 Å². The van der Waals surface area contributed by atoms with Gasteiger partial charge in [0.05, 0.1) is 23.8 Å². The number of nitrogens with one attached hydrogen (secondary N) is 1. The maximum Gasteiger partial charge on any atom is 0.268 e. The van der Waals surface area contributed by atoms with E-state index in [9.17, 15) is 9.18 Å². The van der Waals surface area contributed by atoms with Gasteiger partial charge in [-0.2, -0.15) is 0 Å². The molecule has 0 fully saturated rings. The second-order valence-electron chi connectivity index (χ2n) is 6.88. The Morgan fingerprint density at radius 1 is 1.28 bits per heavy atom. The summed E-state index contributed by atoms with van der Waals surface area (Å²) in [6, 6.07) is 6.03. The molecule has 0 aliphatic carbocycles. The van der Waals surface area contributed by atoms with Gasteiger partial charge in [0.25, 0.3) is 5.91 Å². The van der Waals surface area contributed by atoms with Crippen LogP contribution < -0.4 is 5.32 Å². The van der Waals surface area contributed by atoms with Crippen molar-refractivity contribution in [1.82, 2.24) is 9.97 Å². The minimum atomic E-state index is -0.763. The lowest BCUT2D eigenvalue weighted by atomic mass is 9.96. The molecule has 1 N–H and O–H groups in total. The highest BCUT2D eigenvalue weighted by Gasteiger charge is 2.29. The number of aromatic nitrogens is 2. The molecular weight excluding hydrogens is 323 g/mol. The Hall–Kier alpha value is -2.83. The van der Waals surface area contributed by atoms with Gasteiger partial charge in [-0.15, -0.1) is 0 Å². The third-order valence-electron chi connectivity index (χ3n) is 3.71. The smallest absolute Gasteiger partial charge is 0.268 e. The van der Waals surface area contributed by atoms with Crippen LogP contribution in [0.5, 0.6) is 0 Å². The van der Waals surface area contributed by atoms with Gasteiger partial charge in [0.15, 0.2) is 0 Å². The zero-order valence-corrected chi connectivity index (χ0v) is 14.3. The molecule has 7 heteroatoms. The SMILES string of the molecule is CC(C)(C)c1ncc(NC(=O)[C@@H]2CC(c3cccc(F)c3)=NO2)cn1. The fourth-order valence-corrected chi connectivity index (χ4v) is 2.36. The molecule has 2 aromatic rings. The van der Waals surface area contributed by atoms with Crippen LogP contribution in [0.2, 0.25) is 0 Å². The van der Waals surface area contributed by atoms with E-state index in [1.807, 2.05) is 20.8 Å². The molecule has 1 aliphatic heterocycles. The number of hydrogen-bond acceptors (Lipinski definition) is 5. The molecule has 1 atom stereocenters. The molecule has 3 rings (SSSR count). The fraction of sp³-hybridized carbons (Fsp3) is 0.333. The lowest BCUT2D eigenvalue weighted by Crippen LogP contribution is -2.28. The first-order chi connectivity index (χ1) is 11.8. The molecular formula is C18H19FN4O2. The van der Waals surface area contributed by atoms with E-state index >= 15 is 0 Å². The highest BCUT2D eigenvalue weighted by molar-refractivity contribution is 6.06. The van der Waals surface area contributed by atoms with Crippen molar-refractivity contribution in [3.8, 4) is 0 Å². The number of anilines is 1. The van der Waals surface area contributed by atoms with Gasteiger partial charge >= 0.3 is 0 Å². The summed E-state index contributed by atoms with van der Waals surface area (Å²) in [6.07, 6.45) is 2.64. The lowest BCUT2D eigenvalue weighted by molar-refractivity contribution is -0.125. The highest BCUT2D eigenvalue weighted by Crippen LogP contribution is 2.20. The van der Waals surface area contributed by atoms with Gasteiger partial charge in [0, 0.05) is 17.4 Å². The standard InChI is InChI=1S/C18H19FN4O2/c1-18(2,3)17-20-9-13(10-21-17)22-16(24)15-8-14(23-25-15)11-5-4-6-12(19)7-11/h4-7,9-10,15H,8H2,1-3H3,(H,22,24)/t15-/m0/s1. The largest absolute Gasteiger partial charge is 0.382 e. The molecule has 1 amide bonds. The number of oxime groups is 1. The Balaban J connectivity index is 1.62. The first-order valence-corrected chi connectivity index (χ1v) is 7.95. The van der Waals surface area contributed by atoms with Crippen molar-refractivity contribution in [1.29, 1.82) is 0 Å². The number of hydrogen-bond donors (Lipinski definition) is 1. The van der Waals surface area contributed by atoms with Crippen LogP contribution in [-0.4, -0.2) is 27.7 Å². The zero-order chi connectivity index (χ0) is 18.0. The minimum absolute atomic E-state index is 0.162. The maximum atomic E-state index is 13.3. The number of carbonyl (C=O) groups is 1. The number of halogens is 1. The molecule has 0 spiro atoms. The van der Waals surface area contributed by atoms with Crippen LogP contribution in [-0.2, 0) is 15.0 Å². The van der Waals surface area contributed by atoms with Gasteiger partial charge in [-0.05, 0) is 12.1 Å². The van der Waals surface area contributed by atoms with Crippen LogP contribution in [0.25, 0.3) is 0 Å². The van der Waals surface area contributed by atoms with E-state index in [1.54, 1.807) is 24.5 Å². The van der Waals surface area contributed by atoms with Crippen molar-refractivity contribution in [3.05, 3.63) is 53.9 Å². The molecule has 0 saturated carbocycles. The van der Waals surface area contributed by atoms with Crippen LogP contribution in [0.4, 0.5) is 10.1 Å². The summed E-state index contributed by atoms with van der Waals surface area (Å²) < 4.78 is 13.3. The van der Waals surface area contributed by atoms with Crippen molar-refractivity contribution >= 4 is 17.3 Å². The van der Waals surface area contributed by atoms with Crippen LogP contribution in [0, 0.1) is 5.82 Å². The molecule has 25 heavy (non-hydrogen) atoms. The van der Waals surface area contributed by atoms with Crippen molar-refractivity contribution in [2.45, 2.75) is 38.7 Å². The lowest BCUT2D eigenvalue weighted by Gasteiger charge is -2.16. The normalized spacial score (nSPS) is 17.0. The van der Waals surface area contributed by atoms with Gasteiger partial charge in [0.1, 0.15) is 11.6 Å². The summed E-state index contributed by atoms with van der Waals surface area (Å²) in [5, 5.41) is 6.61. The van der Waals surface area contributed by atoms with E-state index in [0.717, 1.165) is 0 Å². The molecule has 0 unspecified atom stereocenters. The molecule has 130 valence electrons. The number of benzene rings is 1. The second-order valence-corrected chi connectivity index (χ2v) is 6.88. The third kappa shape index (κ3) is 3.99. The molecule has 0 bridgehead atoms. The summed E-state index contributed by atoms with van der Waals surface area (Å²) in [5.41, 5.74) is 1.47. The van der Waals surface area contributed by atoms with E-state index in [2.05, 4.69) is 20.4 Å². The van der Waals surface area contributed by atoms with E-state index in [1.165, 1.54) is 12.1 Å². The summed E-state index contributed by atoms with van der Waals surface area (Å²) >= 11 is 0. The average molecular weight is 342 g/mol. The Labute approximate surface area is 145 Å². The molecule has 0 saturated heterocycles. The molecule has 1 aromatic carbocycles. The van der Waals surface area contributed by atoms with Crippen LogP contribution in [0.15, 0.2) is 41.8 Å². The molecule has 1 aromatic heterocycles. The predicted octanol–water partition coefficient (Wildman–Crippen LogP) is 3.04. The van der Waals surface area contributed by atoms with Crippen LogP contribution >= 0.6 is 0 Å². The van der Waals surface area contributed by atoms with Crippen molar-refractivity contribution in [2.24, 2.45) is 5.16 Å². The summed E-state index contributed by atoms with van der Waals surface area (Å²) in [4.78, 5) is 26.0. The number of amides is 1. The van der Waals surface area contributed by atoms with E-state index in [0.29, 0.717) is 22.8 Å². The second kappa shape index (κ2) is 6.58. The minimum Gasteiger partial charge on any atom is -0.382 e. The Morgan fingerprint density at radius 2 is 2.00 bits per heavy atom. The number of nitrogens with zero attached hydrogens (tertiary/aromatic N) is 3. The molecule has 2 heterocycles. The first kappa shape index (κ1) is 17.0. The van der Waals surface area contributed by atoms with Crippen molar-refractivity contribution in [2.75, 3.05) is 5.32 Å². The third-order valence-corrected chi connectivity index (χ3v) is 3.71. The van der Waals surface area contributed by atoms with Gasteiger partial charge in [-0.3, -0.25) is 4.79 Å². The van der Waals surface area contributed by atoms with Gasteiger partial charge in [-0.25, -0.2) is 14.4 Å². The van der Waals surface area contributed by atoms with E-state index in [-0.39, 0.29) is 23.6 Å². The number of carbonyl (C=O) groups excluding carboxylic acids is 1. The molecule has 1 aliphatic rings. The Bertz CT molecular complexity index is 813. The summed E-state index contributed by atoms with van der Waals surface area (Å²) in [6.45, 7) is 6.04. The monoisotopic (exact) mass is 342 g/mol. The van der Waals surface area contributed by atoms with Gasteiger partial charge in [-0.1, -0.05) is 38.1 Å². The van der Waals surface area contributed by atoms with Crippen molar-refractivity contribution < 1.29 is 14.0 Å². The fourth-order valence-electron chi connectivity index (χ4n) is 2.36. The number of rotatable bonds is 3. The quantitative estimate of drug-likeness (QED) is 0.930. The topological polar surface area (TPSA) is 76.5 Å². The highest BCUT2D eigenvalue weighted by atomic mass is 19.1. The van der Waals surface area contributed by atoms with Gasteiger partial charge in [0.2, 0.25) is 6.10 Å². The summed E-state index contributed by atoms with van der Waals surface area (Å²) in [5.74, 6) is -0.00853. The zero-order valence-electron chi connectivity index (χ0n) is 14.3. The summed E-state index contributed by atoms with van der Waals surface area (Å²) in [7, 11) is 0. The Kier molecular flexibility index (Phi) is 4.48. The predicted molar refractivity (Wildman–Crippen MR) is 91.8 cm³/mol. The Morgan fingerprint density at radius 3 is 2.64 bits per heavy atom. The average Bonchev–Trinajstić information content (AvgIpc) is 3.05. The van der Waals surface area contributed by atoms with Crippen LogP contribution in [0.1, 0.15) is 38.6 Å². The first-order valence-electron chi connectivity index (χ1n) is 7.95. The van der Waals surface area contributed by atoms with Crippen molar-refractivity contribution in [3.63, 3.8) is 0 Å². The molecule has 6 nitrogen and oxygen atoms in total. The van der Waals surface area contributed by atoms with Crippen LogP contribution in [0.3, 0.4) is 0 Å². The molecule has 0 radical (unpaired) electrons.